The molecule has 184 valence electrons. The Hall–Kier alpha value is -4.84. The highest BCUT2D eigenvalue weighted by atomic mass is 16.2. The third kappa shape index (κ3) is 7.08. The van der Waals surface area contributed by atoms with E-state index in [0.717, 1.165) is 34.2 Å². The molecule has 0 aliphatic carbocycles. The van der Waals surface area contributed by atoms with Crippen molar-refractivity contribution in [1.82, 2.24) is 10.9 Å². The predicted octanol–water partition coefficient (Wildman–Crippen LogP) is 5.75. The monoisotopic (exact) mass is 488 g/mol. The smallest absolute Gasteiger partial charge is 0.267 e. The lowest BCUT2D eigenvalue weighted by Gasteiger charge is -2.06. The molecule has 6 heteroatoms. The van der Waals surface area contributed by atoms with E-state index in [1.165, 1.54) is 5.56 Å². The van der Waals surface area contributed by atoms with E-state index in [-0.39, 0.29) is 11.8 Å². The molecule has 6 nitrogen and oxygen atoms in total. The Labute approximate surface area is 216 Å². The Morgan fingerprint density at radius 3 is 1.65 bits per heavy atom. The molecule has 0 atom stereocenters. The number of hydrogen-bond donors (Lipinski definition) is 2. The number of amides is 2. The van der Waals surface area contributed by atoms with Gasteiger partial charge in [-0.1, -0.05) is 85.3 Å². The molecule has 0 radical (unpaired) electrons. The first kappa shape index (κ1) is 25.3. The average molecular weight is 489 g/mol. The molecular formula is C31H28N4O2. The molecule has 2 N–H and O–H groups in total. The maximum atomic E-state index is 12.4. The molecule has 0 spiro atoms. The van der Waals surface area contributed by atoms with Gasteiger partial charge in [0, 0.05) is 11.1 Å². The van der Waals surface area contributed by atoms with Crippen molar-refractivity contribution in [1.29, 1.82) is 0 Å². The Kier molecular flexibility index (Phi) is 8.34. The molecule has 4 aromatic rings. The van der Waals surface area contributed by atoms with E-state index in [1.54, 1.807) is 36.7 Å². The summed E-state index contributed by atoms with van der Waals surface area (Å²) in [4.78, 5) is 24.8. The van der Waals surface area contributed by atoms with E-state index in [0.29, 0.717) is 11.1 Å². The highest BCUT2D eigenvalue weighted by Crippen LogP contribution is 2.20. The summed E-state index contributed by atoms with van der Waals surface area (Å²) in [7, 11) is 0. The second-order valence-electron chi connectivity index (χ2n) is 8.57. The van der Waals surface area contributed by atoms with Crippen LogP contribution in [0.4, 0.5) is 0 Å². The van der Waals surface area contributed by atoms with Crippen LogP contribution in [0.15, 0.2) is 107 Å². The number of nitrogens with zero attached hydrogens (tertiary/aromatic N) is 2. The minimum absolute atomic E-state index is 0.285. The van der Waals surface area contributed by atoms with Crippen molar-refractivity contribution in [2.24, 2.45) is 10.2 Å². The molecule has 0 saturated carbocycles. The van der Waals surface area contributed by atoms with E-state index >= 15 is 0 Å². The molecular weight excluding hydrogens is 460 g/mol. The normalized spacial score (nSPS) is 11.1. The number of carbonyl (C=O) groups excluding carboxylic acids is 2. The summed E-state index contributed by atoms with van der Waals surface area (Å²) in [5.74, 6) is -0.572. The Bertz CT molecular complexity index is 1440. The number of aryl methyl sites for hydroxylation is 2. The summed E-state index contributed by atoms with van der Waals surface area (Å²) >= 11 is 0. The van der Waals surface area contributed by atoms with Gasteiger partial charge in [0.2, 0.25) is 0 Å². The standard InChI is InChI=1S/C31H28N4O2/c1-3-23-7-5-9-25(19-23)21-33-35-31(37)29-16-12-27(13-17-29)26-10-14-28(15-11-26)30(36)34-32-20-24-8-4-6-22(2)18-24/h4-21H,3H2,1-2H3,(H,34,36)(H,35,37)/b32-20+,33-21+. The summed E-state index contributed by atoms with van der Waals surface area (Å²) in [5, 5.41) is 8.11. The second-order valence-corrected chi connectivity index (χ2v) is 8.57. The summed E-state index contributed by atoms with van der Waals surface area (Å²) in [6, 6.07) is 30.3. The molecule has 0 fully saturated rings. The van der Waals surface area contributed by atoms with Crippen LogP contribution in [0.1, 0.15) is 49.9 Å². The minimum atomic E-state index is -0.288. The number of rotatable bonds is 8. The van der Waals surface area contributed by atoms with Crippen molar-refractivity contribution in [3.63, 3.8) is 0 Å². The van der Waals surface area contributed by atoms with Gasteiger partial charge in [0.15, 0.2) is 0 Å². The van der Waals surface area contributed by atoms with Crippen molar-refractivity contribution < 1.29 is 9.59 Å². The Morgan fingerprint density at radius 1 is 0.676 bits per heavy atom. The number of benzene rings is 4. The lowest BCUT2D eigenvalue weighted by molar-refractivity contribution is 0.0947. The molecule has 2 amide bonds. The maximum absolute atomic E-state index is 12.4. The summed E-state index contributed by atoms with van der Waals surface area (Å²) in [6.45, 7) is 4.10. The van der Waals surface area contributed by atoms with Crippen molar-refractivity contribution in [2.45, 2.75) is 20.3 Å². The number of hydrazone groups is 2. The highest BCUT2D eigenvalue weighted by Gasteiger charge is 2.07. The zero-order valence-corrected chi connectivity index (χ0v) is 20.8. The number of hydrogen-bond acceptors (Lipinski definition) is 4. The molecule has 0 heterocycles. The van der Waals surface area contributed by atoms with Crippen LogP contribution < -0.4 is 10.9 Å². The minimum Gasteiger partial charge on any atom is -0.267 e. The molecule has 0 aliphatic heterocycles. The zero-order chi connectivity index (χ0) is 26.0. The third-order valence-corrected chi connectivity index (χ3v) is 5.79. The van der Waals surface area contributed by atoms with Crippen LogP contribution in [-0.4, -0.2) is 24.2 Å². The van der Waals surface area contributed by atoms with Crippen molar-refractivity contribution in [3.8, 4) is 11.1 Å². The fraction of sp³-hybridized carbons (Fsp3) is 0.0968. The van der Waals surface area contributed by atoms with Gasteiger partial charge in [-0.15, -0.1) is 0 Å². The number of nitrogens with one attached hydrogen (secondary N) is 2. The van der Waals surface area contributed by atoms with Gasteiger partial charge in [0.05, 0.1) is 12.4 Å². The highest BCUT2D eigenvalue weighted by molar-refractivity contribution is 5.96. The van der Waals surface area contributed by atoms with Gasteiger partial charge in [-0.3, -0.25) is 9.59 Å². The van der Waals surface area contributed by atoms with E-state index in [4.69, 9.17) is 0 Å². The third-order valence-electron chi connectivity index (χ3n) is 5.79. The van der Waals surface area contributed by atoms with Crippen LogP contribution in [0.3, 0.4) is 0 Å². The van der Waals surface area contributed by atoms with E-state index < -0.39 is 0 Å². The predicted molar refractivity (Wildman–Crippen MR) is 149 cm³/mol. The zero-order valence-electron chi connectivity index (χ0n) is 20.8. The Morgan fingerprint density at radius 2 is 1.16 bits per heavy atom. The summed E-state index contributed by atoms with van der Waals surface area (Å²) < 4.78 is 0. The van der Waals surface area contributed by atoms with Gasteiger partial charge >= 0.3 is 0 Å². The summed E-state index contributed by atoms with van der Waals surface area (Å²) in [5.41, 5.74) is 12.2. The molecule has 4 rings (SSSR count). The van der Waals surface area contributed by atoms with Crippen LogP contribution in [0.5, 0.6) is 0 Å². The van der Waals surface area contributed by atoms with Gasteiger partial charge in [-0.25, -0.2) is 10.9 Å². The second kappa shape index (κ2) is 12.2. The van der Waals surface area contributed by atoms with Gasteiger partial charge < -0.3 is 0 Å². The first-order valence-corrected chi connectivity index (χ1v) is 12.0. The molecule has 4 aromatic carbocycles. The fourth-order valence-corrected chi connectivity index (χ4v) is 3.73. The van der Waals surface area contributed by atoms with E-state index in [2.05, 4.69) is 34.0 Å². The lowest BCUT2D eigenvalue weighted by Crippen LogP contribution is -2.17. The maximum Gasteiger partial charge on any atom is 0.271 e. The molecule has 0 bridgehead atoms. The van der Waals surface area contributed by atoms with Crippen molar-refractivity contribution in [3.05, 3.63) is 130 Å². The van der Waals surface area contributed by atoms with Gasteiger partial charge in [-0.05, 0) is 65.4 Å². The van der Waals surface area contributed by atoms with Crippen LogP contribution in [-0.2, 0) is 6.42 Å². The molecule has 0 aromatic heterocycles. The average Bonchev–Trinajstić information content (AvgIpc) is 2.93. The first-order valence-electron chi connectivity index (χ1n) is 12.0. The molecule has 0 aliphatic rings. The van der Waals surface area contributed by atoms with E-state index in [9.17, 15) is 9.59 Å². The largest absolute Gasteiger partial charge is 0.271 e. The first-order chi connectivity index (χ1) is 18.0. The van der Waals surface area contributed by atoms with Gasteiger partial charge in [-0.2, -0.15) is 10.2 Å². The van der Waals surface area contributed by atoms with Crippen LogP contribution >= 0.6 is 0 Å². The van der Waals surface area contributed by atoms with Crippen molar-refractivity contribution in [2.75, 3.05) is 0 Å². The SMILES string of the molecule is CCc1cccc(/C=N/NC(=O)c2ccc(-c3ccc(C(=O)N/N=C/c4cccc(C)c4)cc3)cc2)c1. The number of carbonyl (C=O) groups is 2. The van der Waals surface area contributed by atoms with E-state index in [1.807, 2.05) is 73.7 Å². The van der Waals surface area contributed by atoms with Gasteiger partial charge in [0.1, 0.15) is 0 Å². The molecule has 37 heavy (non-hydrogen) atoms. The molecule has 0 unspecified atom stereocenters. The fourth-order valence-electron chi connectivity index (χ4n) is 3.73. The summed E-state index contributed by atoms with van der Waals surface area (Å²) in [6.07, 6.45) is 4.20. The van der Waals surface area contributed by atoms with Crippen molar-refractivity contribution >= 4 is 24.2 Å². The molecule has 0 saturated heterocycles. The topological polar surface area (TPSA) is 82.9 Å². The quantitative estimate of drug-likeness (QED) is 0.244. The van der Waals surface area contributed by atoms with Gasteiger partial charge in [0.25, 0.3) is 11.8 Å². The van der Waals surface area contributed by atoms with Crippen LogP contribution in [0, 0.1) is 6.92 Å². The van der Waals surface area contributed by atoms with Crippen LogP contribution in [0.25, 0.3) is 11.1 Å². The van der Waals surface area contributed by atoms with Crippen LogP contribution in [0.2, 0.25) is 0 Å². The Balaban J connectivity index is 1.33. The lowest BCUT2D eigenvalue weighted by atomic mass is 10.0.